The monoisotopic (exact) mass is 293 g/mol. The first-order valence-electron chi connectivity index (χ1n) is 4.61. The molecule has 0 spiro atoms. The zero-order valence-corrected chi connectivity index (χ0v) is 10.5. The Kier molecular flexibility index (Phi) is 3.58. The third-order valence-electron chi connectivity index (χ3n) is 2.34. The van der Waals surface area contributed by atoms with Gasteiger partial charge in [-0.25, -0.2) is 4.68 Å². The Balaban J connectivity index is 3.06. The van der Waals surface area contributed by atoms with E-state index in [9.17, 15) is 0 Å². The Morgan fingerprint density at radius 2 is 2.00 bits per heavy atom. The second-order valence-corrected chi connectivity index (χ2v) is 4.28. The molecule has 1 aromatic rings. The molecule has 0 aliphatic heterocycles. The summed E-state index contributed by atoms with van der Waals surface area (Å²) in [6, 6.07) is 0.446. The van der Waals surface area contributed by atoms with Crippen molar-refractivity contribution in [1.82, 2.24) is 9.78 Å². The largest absolute Gasteiger partial charge is 0.383 e. The fraction of sp³-hybridized carbons (Fsp3) is 0.667. The Morgan fingerprint density at radius 3 is 2.31 bits per heavy atom. The van der Waals surface area contributed by atoms with Crippen LogP contribution in [-0.4, -0.2) is 9.78 Å². The summed E-state index contributed by atoms with van der Waals surface area (Å²) in [7, 11) is 0. The van der Waals surface area contributed by atoms with Crippen molar-refractivity contribution in [2.45, 2.75) is 39.7 Å². The van der Waals surface area contributed by atoms with Crippen molar-refractivity contribution >= 4 is 28.4 Å². The SMILES string of the molecule is CCC(CC)n1nc(C)c(I)c1N. The Hall–Kier alpha value is -0.260. The minimum atomic E-state index is 0.446. The molecule has 13 heavy (non-hydrogen) atoms. The average Bonchev–Trinajstić information content (AvgIpc) is 2.36. The molecule has 0 aromatic carbocycles. The maximum absolute atomic E-state index is 5.95. The number of nitrogens with two attached hydrogens (primary N) is 1. The van der Waals surface area contributed by atoms with Crippen molar-refractivity contribution in [2.24, 2.45) is 0 Å². The van der Waals surface area contributed by atoms with Gasteiger partial charge in [-0.05, 0) is 42.4 Å². The van der Waals surface area contributed by atoms with Crippen molar-refractivity contribution in [1.29, 1.82) is 0 Å². The lowest BCUT2D eigenvalue weighted by Gasteiger charge is -2.14. The molecule has 0 saturated heterocycles. The summed E-state index contributed by atoms with van der Waals surface area (Å²) in [6.45, 7) is 6.33. The molecule has 2 N–H and O–H groups in total. The quantitative estimate of drug-likeness (QED) is 0.871. The molecule has 1 rings (SSSR count). The van der Waals surface area contributed by atoms with E-state index in [0.717, 1.165) is 27.9 Å². The first-order valence-corrected chi connectivity index (χ1v) is 5.69. The number of aryl methyl sites for hydroxylation is 1. The third kappa shape index (κ3) is 1.98. The number of rotatable bonds is 3. The zero-order valence-electron chi connectivity index (χ0n) is 8.34. The van der Waals surface area contributed by atoms with Gasteiger partial charge < -0.3 is 5.73 Å². The molecule has 1 aromatic heterocycles. The number of anilines is 1. The van der Waals surface area contributed by atoms with Crippen LogP contribution in [0.15, 0.2) is 0 Å². The van der Waals surface area contributed by atoms with Gasteiger partial charge in [0.15, 0.2) is 0 Å². The Morgan fingerprint density at radius 1 is 1.46 bits per heavy atom. The molecule has 0 bridgehead atoms. The molecule has 74 valence electrons. The smallest absolute Gasteiger partial charge is 0.135 e. The molecule has 0 aliphatic rings. The Bertz CT molecular complexity index is 289. The van der Waals surface area contributed by atoms with Crippen LogP contribution in [0.3, 0.4) is 0 Å². The van der Waals surface area contributed by atoms with Crippen LogP contribution >= 0.6 is 22.6 Å². The average molecular weight is 293 g/mol. The van der Waals surface area contributed by atoms with Gasteiger partial charge >= 0.3 is 0 Å². The highest BCUT2D eigenvalue weighted by molar-refractivity contribution is 14.1. The van der Waals surface area contributed by atoms with E-state index in [1.165, 1.54) is 0 Å². The minimum Gasteiger partial charge on any atom is -0.383 e. The normalized spacial score (nSPS) is 11.2. The predicted molar refractivity (Wildman–Crippen MR) is 63.7 cm³/mol. The molecule has 0 aliphatic carbocycles. The lowest BCUT2D eigenvalue weighted by atomic mass is 10.2. The summed E-state index contributed by atoms with van der Waals surface area (Å²) in [4.78, 5) is 0. The van der Waals surface area contributed by atoms with E-state index in [1.807, 2.05) is 11.6 Å². The van der Waals surface area contributed by atoms with Gasteiger partial charge in [0.05, 0.1) is 15.3 Å². The molecule has 4 heteroatoms. The van der Waals surface area contributed by atoms with Crippen LogP contribution in [0, 0.1) is 10.5 Å². The zero-order chi connectivity index (χ0) is 10.0. The van der Waals surface area contributed by atoms with Gasteiger partial charge in [0.25, 0.3) is 0 Å². The molecule has 0 saturated carbocycles. The van der Waals surface area contributed by atoms with Crippen LogP contribution in [0.2, 0.25) is 0 Å². The third-order valence-corrected chi connectivity index (χ3v) is 3.67. The van der Waals surface area contributed by atoms with Crippen molar-refractivity contribution in [2.75, 3.05) is 5.73 Å². The summed E-state index contributed by atoms with van der Waals surface area (Å²) in [6.07, 6.45) is 2.16. The standard InChI is InChI=1S/C9H16IN3/c1-4-7(5-2)13-9(11)8(10)6(3)12-13/h7H,4-5,11H2,1-3H3. The van der Waals surface area contributed by atoms with Crippen LogP contribution in [-0.2, 0) is 0 Å². The molecule has 3 nitrogen and oxygen atoms in total. The van der Waals surface area contributed by atoms with Gasteiger partial charge in [0, 0.05) is 0 Å². The first kappa shape index (κ1) is 10.8. The van der Waals surface area contributed by atoms with Gasteiger partial charge in [0.2, 0.25) is 0 Å². The maximum Gasteiger partial charge on any atom is 0.135 e. The van der Waals surface area contributed by atoms with Crippen molar-refractivity contribution < 1.29 is 0 Å². The lowest BCUT2D eigenvalue weighted by molar-refractivity contribution is 0.432. The van der Waals surface area contributed by atoms with Crippen molar-refractivity contribution in [3.05, 3.63) is 9.26 Å². The van der Waals surface area contributed by atoms with E-state index in [1.54, 1.807) is 0 Å². The number of hydrogen-bond acceptors (Lipinski definition) is 2. The summed E-state index contributed by atoms with van der Waals surface area (Å²) < 4.78 is 3.04. The number of aromatic nitrogens is 2. The van der Waals surface area contributed by atoms with Gasteiger partial charge in [-0.1, -0.05) is 13.8 Å². The summed E-state index contributed by atoms with van der Waals surface area (Å²) in [5, 5.41) is 4.44. The molecular formula is C9H16IN3. The molecule has 0 fully saturated rings. The highest BCUT2D eigenvalue weighted by Crippen LogP contribution is 2.25. The van der Waals surface area contributed by atoms with Gasteiger partial charge in [-0.15, -0.1) is 0 Å². The molecule has 0 atom stereocenters. The fourth-order valence-corrected chi connectivity index (χ4v) is 1.81. The van der Waals surface area contributed by atoms with E-state index in [2.05, 4.69) is 41.5 Å². The molecular weight excluding hydrogens is 277 g/mol. The fourth-order valence-electron chi connectivity index (χ4n) is 1.46. The van der Waals surface area contributed by atoms with E-state index in [4.69, 9.17) is 5.73 Å². The Labute approximate surface area is 92.8 Å². The number of nitrogen functional groups attached to an aromatic ring is 1. The number of hydrogen-bond donors (Lipinski definition) is 1. The highest BCUT2D eigenvalue weighted by Gasteiger charge is 2.14. The topological polar surface area (TPSA) is 43.8 Å². The maximum atomic E-state index is 5.95. The minimum absolute atomic E-state index is 0.446. The van der Waals surface area contributed by atoms with Crippen LogP contribution in [0.25, 0.3) is 0 Å². The lowest BCUT2D eigenvalue weighted by Crippen LogP contribution is -2.11. The molecule has 0 radical (unpaired) electrons. The van der Waals surface area contributed by atoms with Gasteiger partial charge in [0.1, 0.15) is 5.82 Å². The van der Waals surface area contributed by atoms with E-state index >= 15 is 0 Å². The number of nitrogens with zero attached hydrogens (tertiary/aromatic N) is 2. The predicted octanol–water partition coefficient (Wildman–Crippen LogP) is 2.74. The molecule has 1 heterocycles. The summed E-state index contributed by atoms with van der Waals surface area (Å²) in [5.74, 6) is 0.812. The number of halogens is 1. The van der Waals surface area contributed by atoms with E-state index in [-0.39, 0.29) is 0 Å². The highest BCUT2D eigenvalue weighted by atomic mass is 127. The molecule has 0 amide bonds. The van der Waals surface area contributed by atoms with Crippen LogP contribution in [0.4, 0.5) is 5.82 Å². The van der Waals surface area contributed by atoms with E-state index in [0.29, 0.717) is 6.04 Å². The second kappa shape index (κ2) is 4.30. The van der Waals surface area contributed by atoms with Gasteiger partial charge in [-0.3, -0.25) is 0 Å². The van der Waals surface area contributed by atoms with Gasteiger partial charge in [-0.2, -0.15) is 5.10 Å². The summed E-state index contributed by atoms with van der Waals surface area (Å²) in [5.41, 5.74) is 6.98. The molecule has 0 unspecified atom stereocenters. The second-order valence-electron chi connectivity index (χ2n) is 3.20. The first-order chi connectivity index (χ1) is 6.11. The van der Waals surface area contributed by atoms with E-state index < -0.39 is 0 Å². The van der Waals surface area contributed by atoms with Crippen LogP contribution in [0.5, 0.6) is 0 Å². The van der Waals surface area contributed by atoms with Crippen LogP contribution in [0.1, 0.15) is 38.4 Å². The summed E-state index contributed by atoms with van der Waals surface area (Å²) >= 11 is 2.25. The van der Waals surface area contributed by atoms with Crippen LogP contribution < -0.4 is 5.73 Å². The van der Waals surface area contributed by atoms with Crippen molar-refractivity contribution in [3.8, 4) is 0 Å². The van der Waals surface area contributed by atoms with Crippen molar-refractivity contribution in [3.63, 3.8) is 0 Å².